The zero-order chi connectivity index (χ0) is 11.5. The molecule has 1 N–H and O–H groups in total. The van der Waals surface area contributed by atoms with E-state index in [9.17, 15) is 10.1 Å². The monoisotopic (exact) mass is 218 g/mol. The van der Waals surface area contributed by atoms with Gasteiger partial charge in [-0.05, 0) is 31.0 Å². The molecule has 0 amide bonds. The van der Waals surface area contributed by atoms with Gasteiger partial charge in [0.15, 0.2) is 0 Å². The third kappa shape index (κ3) is 2.12. The quantitative estimate of drug-likeness (QED) is 0.612. The molecule has 2 rings (SSSR count). The Morgan fingerprint density at radius 1 is 1.44 bits per heavy atom. The molecule has 0 saturated carbocycles. The Balaban J connectivity index is 2.40. The lowest BCUT2D eigenvalue weighted by Crippen LogP contribution is -2.23. The van der Waals surface area contributed by atoms with Crippen LogP contribution in [0.5, 0.6) is 0 Å². The predicted octanol–water partition coefficient (Wildman–Crippen LogP) is 2.36. The van der Waals surface area contributed by atoms with E-state index in [1.54, 1.807) is 12.1 Å². The van der Waals surface area contributed by atoms with E-state index in [-0.39, 0.29) is 10.6 Å². The molecule has 0 aromatic heterocycles. The fourth-order valence-electron chi connectivity index (χ4n) is 2.01. The molecule has 0 atom stereocenters. The molecule has 1 aromatic carbocycles. The average molecular weight is 218 g/mol. The minimum atomic E-state index is -0.347. The molecular weight excluding hydrogens is 204 g/mol. The van der Waals surface area contributed by atoms with Crippen LogP contribution < -0.4 is 5.32 Å². The van der Waals surface area contributed by atoms with Gasteiger partial charge in [0.1, 0.15) is 0 Å². The first-order valence-corrected chi connectivity index (χ1v) is 5.32. The van der Waals surface area contributed by atoms with E-state index in [0.717, 1.165) is 25.1 Å². The number of nitrogens with one attached hydrogen (secondary N) is 1. The third-order valence-electron chi connectivity index (χ3n) is 2.86. The van der Waals surface area contributed by atoms with Crippen LogP contribution in [0.15, 0.2) is 29.8 Å². The number of nitrogens with zero attached hydrogens (tertiary/aromatic N) is 1. The maximum atomic E-state index is 10.7. The van der Waals surface area contributed by atoms with Gasteiger partial charge in [0.25, 0.3) is 5.69 Å². The van der Waals surface area contributed by atoms with Crippen molar-refractivity contribution < 1.29 is 4.92 Å². The zero-order valence-electron chi connectivity index (χ0n) is 9.19. The van der Waals surface area contributed by atoms with E-state index in [4.69, 9.17) is 0 Å². The van der Waals surface area contributed by atoms with Gasteiger partial charge >= 0.3 is 0 Å². The van der Waals surface area contributed by atoms with Crippen molar-refractivity contribution in [1.82, 2.24) is 5.32 Å². The number of non-ortho nitro benzene ring substituents is 1. The number of hydrogen-bond acceptors (Lipinski definition) is 3. The first kappa shape index (κ1) is 10.8. The molecule has 1 aliphatic heterocycles. The molecule has 0 unspecified atom stereocenters. The second-order valence-corrected chi connectivity index (χ2v) is 3.99. The van der Waals surface area contributed by atoms with Crippen LogP contribution in [0, 0.1) is 10.1 Å². The number of nitro groups is 1. The SMILES string of the molecule is CC1=C(c2cccc([N+](=O)[O-])c2)CCNC1. The summed E-state index contributed by atoms with van der Waals surface area (Å²) in [6.45, 7) is 3.88. The first-order valence-electron chi connectivity index (χ1n) is 5.32. The topological polar surface area (TPSA) is 55.2 Å². The van der Waals surface area contributed by atoms with E-state index >= 15 is 0 Å². The summed E-state index contributed by atoms with van der Waals surface area (Å²) in [6.07, 6.45) is 0.938. The molecule has 4 heteroatoms. The number of benzene rings is 1. The minimum absolute atomic E-state index is 0.163. The molecule has 0 bridgehead atoms. The van der Waals surface area contributed by atoms with Crippen LogP contribution in [0.3, 0.4) is 0 Å². The van der Waals surface area contributed by atoms with Crippen molar-refractivity contribution in [2.75, 3.05) is 13.1 Å². The summed E-state index contributed by atoms with van der Waals surface area (Å²) in [5.41, 5.74) is 3.65. The summed E-state index contributed by atoms with van der Waals surface area (Å²) in [6, 6.07) is 6.87. The average Bonchev–Trinajstić information content (AvgIpc) is 2.30. The zero-order valence-corrected chi connectivity index (χ0v) is 9.19. The van der Waals surface area contributed by atoms with Crippen molar-refractivity contribution in [1.29, 1.82) is 0 Å². The van der Waals surface area contributed by atoms with Gasteiger partial charge in [-0.2, -0.15) is 0 Å². The molecule has 0 fully saturated rings. The van der Waals surface area contributed by atoms with Crippen molar-refractivity contribution in [2.45, 2.75) is 13.3 Å². The highest BCUT2D eigenvalue weighted by Gasteiger charge is 2.13. The molecule has 0 radical (unpaired) electrons. The summed E-state index contributed by atoms with van der Waals surface area (Å²) in [5, 5.41) is 14.0. The van der Waals surface area contributed by atoms with Crippen LogP contribution in [0.1, 0.15) is 18.9 Å². The smallest absolute Gasteiger partial charge is 0.270 e. The highest BCUT2D eigenvalue weighted by Crippen LogP contribution is 2.26. The minimum Gasteiger partial charge on any atom is -0.313 e. The van der Waals surface area contributed by atoms with Gasteiger partial charge in [-0.3, -0.25) is 10.1 Å². The van der Waals surface area contributed by atoms with E-state index in [1.807, 2.05) is 6.07 Å². The summed E-state index contributed by atoms with van der Waals surface area (Å²) < 4.78 is 0. The Kier molecular flexibility index (Phi) is 3.01. The number of hydrogen-bond donors (Lipinski definition) is 1. The molecular formula is C12H14N2O2. The van der Waals surface area contributed by atoms with Crippen molar-refractivity contribution in [3.05, 3.63) is 45.5 Å². The molecule has 1 aliphatic rings. The first-order chi connectivity index (χ1) is 7.68. The lowest BCUT2D eigenvalue weighted by molar-refractivity contribution is -0.384. The van der Waals surface area contributed by atoms with E-state index < -0.39 is 0 Å². The van der Waals surface area contributed by atoms with Gasteiger partial charge in [-0.25, -0.2) is 0 Å². The molecule has 1 heterocycles. The molecule has 4 nitrogen and oxygen atoms in total. The van der Waals surface area contributed by atoms with Crippen LogP contribution in [0.2, 0.25) is 0 Å². The highest BCUT2D eigenvalue weighted by atomic mass is 16.6. The van der Waals surface area contributed by atoms with E-state index in [1.165, 1.54) is 17.2 Å². The molecule has 0 aliphatic carbocycles. The number of nitro benzene ring substituents is 1. The largest absolute Gasteiger partial charge is 0.313 e. The lowest BCUT2D eigenvalue weighted by atomic mass is 9.95. The molecule has 0 spiro atoms. The summed E-state index contributed by atoms with van der Waals surface area (Å²) in [5.74, 6) is 0. The maximum absolute atomic E-state index is 10.7. The lowest BCUT2D eigenvalue weighted by Gasteiger charge is -2.19. The fourth-order valence-corrected chi connectivity index (χ4v) is 2.01. The standard InChI is InChI=1S/C12H14N2O2/c1-9-8-13-6-5-12(9)10-3-2-4-11(7-10)14(15)16/h2-4,7,13H,5-6,8H2,1H3. The normalized spacial score (nSPS) is 16.3. The summed E-state index contributed by atoms with van der Waals surface area (Å²) in [7, 11) is 0. The van der Waals surface area contributed by atoms with Gasteiger partial charge < -0.3 is 5.32 Å². The molecule has 1 aromatic rings. The third-order valence-corrected chi connectivity index (χ3v) is 2.86. The van der Waals surface area contributed by atoms with Gasteiger partial charge in [0.05, 0.1) is 4.92 Å². The number of rotatable bonds is 2. The van der Waals surface area contributed by atoms with Crippen LogP contribution >= 0.6 is 0 Å². The highest BCUT2D eigenvalue weighted by molar-refractivity contribution is 5.71. The fraction of sp³-hybridized carbons (Fsp3) is 0.333. The summed E-state index contributed by atoms with van der Waals surface area (Å²) >= 11 is 0. The van der Waals surface area contributed by atoms with Crippen molar-refractivity contribution in [3.63, 3.8) is 0 Å². The van der Waals surface area contributed by atoms with Gasteiger partial charge in [-0.15, -0.1) is 0 Å². The van der Waals surface area contributed by atoms with E-state index in [2.05, 4.69) is 12.2 Å². The van der Waals surface area contributed by atoms with E-state index in [0.29, 0.717) is 0 Å². The van der Waals surface area contributed by atoms with Gasteiger partial charge in [0.2, 0.25) is 0 Å². The van der Waals surface area contributed by atoms with Gasteiger partial charge in [0, 0.05) is 18.7 Å². The molecule has 0 saturated heterocycles. The Hall–Kier alpha value is -1.68. The van der Waals surface area contributed by atoms with Crippen molar-refractivity contribution in [3.8, 4) is 0 Å². The predicted molar refractivity (Wildman–Crippen MR) is 63.2 cm³/mol. The Labute approximate surface area is 94.1 Å². The second kappa shape index (κ2) is 4.45. The Morgan fingerprint density at radius 2 is 2.25 bits per heavy atom. The second-order valence-electron chi connectivity index (χ2n) is 3.99. The maximum Gasteiger partial charge on any atom is 0.270 e. The molecule has 16 heavy (non-hydrogen) atoms. The van der Waals surface area contributed by atoms with Crippen molar-refractivity contribution >= 4 is 11.3 Å². The van der Waals surface area contributed by atoms with Crippen molar-refractivity contribution in [2.24, 2.45) is 0 Å². The van der Waals surface area contributed by atoms with Crippen LogP contribution in [0.4, 0.5) is 5.69 Å². The Bertz CT molecular complexity index is 452. The van der Waals surface area contributed by atoms with Crippen LogP contribution in [-0.4, -0.2) is 18.0 Å². The summed E-state index contributed by atoms with van der Waals surface area (Å²) in [4.78, 5) is 10.3. The molecule has 84 valence electrons. The van der Waals surface area contributed by atoms with Crippen LogP contribution in [-0.2, 0) is 0 Å². The van der Waals surface area contributed by atoms with Gasteiger partial charge in [-0.1, -0.05) is 17.7 Å². The van der Waals surface area contributed by atoms with Crippen LogP contribution in [0.25, 0.3) is 5.57 Å². The Morgan fingerprint density at radius 3 is 2.94 bits per heavy atom.